The molecule has 0 saturated carbocycles. The van der Waals surface area contributed by atoms with Gasteiger partial charge in [-0.05, 0) is 41.8 Å². The lowest BCUT2D eigenvalue weighted by molar-refractivity contribution is -0.126. The Morgan fingerprint density at radius 3 is 2.45 bits per heavy atom. The molecule has 2 heterocycles. The van der Waals surface area contributed by atoms with Crippen LogP contribution in [-0.4, -0.2) is 63.2 Å². The predicted octanol–water partition coefficient (Wildman–Crippen LogP) is 2.80. The van der Waals surface area contributed by atoms with E-state index in [2.05, 4.69) is 17.1 Å². The number of ether oxygens (including phenoxy) is 2. The second-order valence-electron chi connectivity index (χ2n) is 8.61. The number of nitrogens with one attached hydrogen (secondary N) is 1. The third kappa shape index (κ3) is 5.54. The van der Waals surface area contributed by atoms with E-state index in [1.165, 1.54) is 5.56 Å². The van der Waals surface area contributed by atoms with Gasteiger partial charge >= 0.3 is 0 Å². The average molecular weight is 452 g/mol. The maximum absolute atomic E-state index is 13.0. The van der Waals surface area contributed by atoms with E-state index in [9.17, 15) is 9.59 Å². The first-order valence-electron chi connectivity index (χ1n) is 11.7. The number of amides is 2. The number of aryl methyl sites for hydroxylation is 1. The van der Waals surface area contributed by atoms with Crippen LogP contribution in [0.5, 0.6) is 5.75 Å². The van der Waals surface area contributed by atoms with E-state index in [0.717, 1.165) is 36.5 Å². The van der Waals surface area contributed by atoms with Gasteiger partial charge in [0.05, 0.1) is 32.3 Å². The maximum Gasteiger partial charge on any atom is 0.227 e. The number of hydrogen-bond acceptors (Lipinski definition) is 5. The zero-order chi connectivity index (χ0) is 23.2. The normalized spacial score (nSPS) is 20.0. The number of methoxy groups -OCH3 is 1. The Balaban J connectivity index is 1.40. The molecule has 0 spiro atoms. The first-order valence-corrected chi connectivity index (χ1v) is 11.7. The summed E-state index contributed by atoms with van der Waals surface area (Å²) in [5.41, 5.74) is 3.21. The highest BCUT2D eigenvalue weighted by Crippen LogP contribution is 2.27. The second kappa shape index (κ2) is 10.8. The fourth-order valence-electron chi connectivity index (χ4n) is 4.56. The van der Waals surface area contributed by atoms with Crippen molar-refractivity contribution in [1.29, 1.82) is 0 Å². The van der Waals surface area contributed by atoms with Gasteiger partial charge < -0.3 is 19.7 Å². The maximum atomic E-state index is 13.0. The molecule has 2 aromatic carbocycles. The molecule has 2 aliphatic rings. The van der Waals surface area contributed by atoms with E-state index in [1.54, 1.807) is 12.0 Å². The summed E-state index contributed by atoms with van der Waals surface area (Å²) in [5, 5.41) is 3.13. The quantitative estimate of drug-likeness (QED) is 0.668. The van der Waals surface area contributed by atoms with Crippen LogP contribution in [0.3, 0.4) is 0 Å². The molecule has 0 aliphatic carbocycles. The third-order valence-electron chi connectivity index (χ3n) is 6.61. The van der Waals surface area contributed by atoms with Crippen LogP contribution in [-0.2, 0) is 20.7 Å². The van der Waals surface area contributed by atoms with Crippen molar-refractivity contribution in [3.05, 3.63) is 59.7 Å². The van der Waals surface area contributed by atoms with Crippen LogP contribution in [0.1, 0.15) is 30.5 Å². The van der Waals surface area contributed by atoms with Crippen molar-refractivity contribution in [2.24, 2.45) is 5.92 Å². The van der Waals surface area contributed by atoms with Crippen LogP contribution in [0.25, 0.3) is 0 Å². The molecule has 0 unspecified atom stereocenters. The van der Waals surface area contributed by atoms with Crippen molar-refractivity contribution in [3.8, 4) is 5.75 Å². The zero-order valence-electron chi connectivity index (χ0n) is 19.5. The largest absolute Gasteiger partial charge is 0.497 e. The Morgan fingerprint density at radius 1 is 1.12 bits per heavy atom. The van der Waals surface area contributed by atoms with E-state index in [-0.39, 0.29) is 30.2 Å². The van der Waals surface area contributed by atoms with Crippen molar-refractivity contribution in [1.82, 2.24) is 10.2 Å². The van der Waals surface area contributed by atoms with Crippen LogP contribution in [0, 0.1) is 5.92 Å². The van der Waals surface area contributed by atoms with Crippen LogP contribution in [0.15, 0.2) is 48.5 Å². The number of benzene rings is 2. The molecule has 1 N–H and O–H groups in total. The number of morpholine rings is 1. The minimum Gasteiger partial charge on any atom is -0.497 e. The van der Waals surface area contributed by atoms with Crippen LogP contribution in [0.4, 0.5) is 5.69 Å². The van der Waals surface area contributed by atoms with E-state index < -0.39 is 0 Å². The lowest BCUT2D eigenvalue weighted by Crippen LogP contribution is -2.45. The fraction of sp³-hybridized carbons (Fsp3) is 0.462. The molecule has 2 fully saturated rings. The zero-order valence-corrected chi connectivity index (χ0v) is 19.5. The lowest BCUT2D eigenvalue weighted by atomic mass is 10.0. The summed E-state index contributed by atoms with van der Waals surface area (Å²) in [6, 6.07) is 16.0. The van der Waals surface area contributed by atoms with Crippen molar-refractivity contribution in [3.63, 3.8) is 0 Å². The number of nitrogens with zero attached hydrogens (tertiary/aromatic N) is 2. The molecule has 0 bridgehead atoms. The van der Waals surface area contributed by atoms with E-state index in [0.29, 0.717) is 26.3 Å². The molecule has 2 aromatic rings. The van der Waals surface area contributed by atoms with Crippen LogP contribution < -0.4 is 15.0 Å². The summed E-state index contributed by atoms with van der Waals surface area (Å²) in [7, 11) is 1.65. The number of anilines is 1. The molecular weight excluding hydrogens is 418 g/mol. The smallest absolute Gasteiger partial charge is 0.227 e. The van der Waals surface area contributed by atoms with Gasteiger partial charge in [-0.3, -0.25) is 14.5 Å². The van der Waals surface area contributed by atoms with Crippen molar-refractivity contribution >= 4 is 17.5 Å². The van der Waals surface area contributed by atoms with Gasteiger partial charge in [0.15, 0.2) is 0 Å². The Labute approximate surface area is 195 Å². The van der Waals surface area contributed by atoms with Gasteiger partial charge in [0.1, 0.15) is 5.75 Å². The Bertz CT molecular complexity index is 939. The molecule has 7 nitrogen and oxygen atoms in total. The second-order valence-corrected chi connectivity index (χ2v) is 8.61. The van der Waals surface area contributed by atoms with Gasteiger partial charge in [0.25, 0.3) is 0 Å². The molecule has 7 heteroatoms. The summed E-state index contributed by atoms with van der Waals surface area (Å²) in [4.78, 5) is 29.7. The SMILES string of the molecule is CCc1ccc(N2C[C@@H](C(=O)NC[C@H](c3ccc(OC)cc3)N3CCOCC3)CC2=O)cc1. The first kappa shape index (κ1) is 23.3. The number of carbonyl (C=O) groups excluding carboxylic acids is 2. The highest BCUT2D eigenvalue weighted by Gasteiger charge is 2.35. The van der Waals surface area contributed by atoms with Crippen LogP contribution in [0.2, 0.25) is 0 Å². The average Bonchev–Trinajstić information content (AvgIpc) is 3.26. The topological polar surface area (TPSA) is 71.1 Å². The van der Waals surface area contributed by atoms with E-state index in [1.807, 2.05) is 48.5 Å². The predicted molar refractivity (Wildman–Crippen MR) is 127 cm³/mol. The van der Waals surface area contributed by atoms with Gasteiger partial charge in [-0.2, -0.15) is 0 Å². The van der Waals surface area contributed by atoms with Gasteiger partial charge in [-0.1, -0.05) is 31.2 Å². The van der Waals surface area contributed by atoms with Crippen LogP contribution >= 0.6 is 0 Å². The first-order chi connectivity index (χ1) is 16.1. The number of rotatable bonds is 8. The van der Waals surface area contributed by atoms with Gasteiger partial charge in [0, 0.05) is 38.3 Å². The molecular formula is C26H33N3O4. The molecule has 33 heavy (non-hydrogen) atoms. The van der Waals surface area contributed by atoms with Crippen molar-refractivity contribution in [2.45, 2.75) is 25.8 Å². The summed E-state index contributed by atoms with van der Waals surface area (Å²) < 4.78 is 10.8. The summed E-state index contributed by atoms with van der Waals surface area (Å²) in [5.74, 6) is 0.395. The highest BCUT2D eigenvalue weighted by atomic mass is 16.5. The number of hydrogen-bond donors (Lipinski definition) is 1. The monoisotopic (exact) mass is 451 g/mol. The molecule has 4 rings (SSSR count). The van der Waals surface area contributed by atoms with Crippen molar-refractivity contribution < 1.29 is 19.1 Å². The minimum atomic E-state index is -0.343. The standard InChI is InChI=1S/C26H33N3O4/c1-3-19-4-8-22(9-5-19)29-18-21(16-25(29)30)26(31)27-17-24(28-12-14-33-15-13-28)20-6-10-23(32-2)11-7-20/h4-11,21,24H,3,12-18H2,1-2H3,(H,27,31)/t21-,24+/m0/s1. The molecule has 0 radical (unpaired) electrons. The molecule has 2 amide bonds. The van der Waals surface area contributed by atoms with Gasteiger partial charge in [-0.25, -0.2) is 0 Å². The summed E-state index contributed by atoms with van der Waals surface area (Å²) in [6.45, 7) is 6.01. The third-order valence-corrected chi connectivity index (χ3v) is 6.61. The Morgan fingerprint density at radius 2 is 1.82 bits per heavy atom. The molecule has 2 aliphatic heterocycles. The van der Waals surface area contributed by atoms with E-state index >= 15 is 0 Å². The molecule has 2 atom stereocenters. The number of carbonyl (C=O) groups is 2. The summed E-state index contributed by atoms with van der Waals surface area (Å²) in [6.07, 6.45) is 1.20. The van der Waals surface area contributed by atoms with Crippen molar-refractivity contribution in [2.75, 3.05) is 51.4 Å². The van der Waals surface area contributed by atoms with E-state index in [4.69, 9.17) is 9.47 Å². The molecule has 176 valence electrons. The minimum absolute atomic E-state index is 0.000665. The summed E-state index contributed by atoms with van der Waals surface area (Å²) >= 11 is 0. The lowest BCUT2D eigenvalue weighted by Gasteiger charge is -2.35. The van der Waals surface area contributed by atoms with Gasteiger partial charge in [-0.15, -0.1) is 0 Å². The van der Waals surface area contributed by atoms with Gasteiger partial charge in [0.2, 0.25) is 11.8 Å². The fourth-order valence-corrected chi connectivity index (χ4v) is 4.56. The Kier molecular flexibility index (Phi) is 7.62. The molecule has 2 saturated heterocycles. The molecule has 0 aromatic heterocycles. The Hall–Kier alpha value is -2.90. The highest BCUT2D eigenvalue weighted by molar-refractivity contribution is 6.00.